The molecule has 86 valence electrons. The molecule has 4 nitrogen and oxygen atoms in total. The molecular formula is C12H15NO3. The van der Waals surface area contributed by atoms with Crippen LogP contribution in [-0.2, 0) is 11.2 Å². The molecule has 1 aliphatic rings. The molecule has 0 radical (unpaired) electrons. The molecule has 0 spiro atoms. The fourth-order valence-corrected chi connectivity index (χ4v) is 2.13. The Morgan fingerprint density at radius 2 is 2.38 bits per heavy atom. The van der Waals surface area contributed by atoms with E-state index >= 15 is 0 Å². The lowest BCUT2D eigenvalue weighted by Gasteiger charge is -2.24. The largest absolute Gasteiger partial charge is 0.482 e. The van der Waals surface area contributed by atoms with Crippen molar-refractivity contribution in [3.8, 4) is 5.75 Å². The summed E-state index contributed by atoms with van der Waals surface area (Å²) in [6.07, 6.45) is 2.93. The lowest BCUT2D eigenvalue weighted by Crippen LogP contribution is -2.19. The zero-order valence-electron chi connectivity index (χ0n) is 8.98. The predicted molar refractivity (Wildman–Crippen MR) is 59.4 cm³/mol. The van der Waals surface area contributed by atoms with E-state index in [4.69, 9.17) is 15.6 Å². The smallest absolute Gasteiger partial charge is 0.341 e. The molecule has 0 aliphatic heterocycles. The first kappa shape index (κ1) is 11.0. The third-order valence-electron chi connectivity index (χ3n) is 2.86. The molecule has 2 rings (SSSR count). The summed E-state index contributed by atoms with van der Waals surface area (Å²) in [5, 5.41) is 8.58. The summed E-state index contributed by atoms with van der Waals surface area (Å²) in [5.41, 5.74) is 8.16. The lowest BCUT2D eigenvalue weighted by molar-refractivity contribution is -0.139. The molecule has 0 bridgehead atoms. The van der Waals surface area contributed by atoms with E-state index in [0.717, 1.165) is 30.4 Å². The van der Waals surface area contributed by atoms with Gasteiger partial charge >= 0.3 is 5.97 Å². The van der Waals surface area contributed by atoms with Gasteiger partial charge in [-0.15, -0.1) is 0 Å². The van der Waals surface area contributed by atoms with E-state index in [1.165, 1.54) is 0 Å². The Kier molecular flexibility index (Phi) is 3.10. The van der Waals surface area contributed by atoms with Gasteiger partial charge in [0.1, 0.15) is 5.75 Å². The van der Waals surface area contributed by atoms with E-state index in [1.54, 1.807) is 6.07 Å². The molecule has 3 N–H and O–H groups in total. The van der Waals surface area contributed by atoms with E-state index in [-0.39, 0.29) is 12.6 Å². The van der Waals surface area contributed by atoms with Crippen molar-refractivity contribution in [2.75, 3.05) is 6.61 Å². The van der Waals surface area contributed by atoms with Gasteiger partial charge in [-0.05, 0) is 36.5 Å². The van der Waals surface area contributed by atoms with Gasteiger partial charge in [0.15, 0.2) is 6.61 Å². The third kappa shape index (κ3) is 2.17. The maximum absolute atomic E-state index is 10.5. The highest BCUT2D eigenvalue weighted by Gasteiger charge is 2.19. The van der Waals surface area contributed by atoms with E-state index < -0.39 is 5.97 Å². The van der Waals surface area contributed by atoms with Crippen LogP contribution >= 0.6 is 0 Å². The molecule has 0 fully saturated rings. The van der Waals surface area contributed by atoms with Crippen LogP contribution in [0.15, 0.2) is 18.2 Å². The minimum Gasteiger partial charge on any atom is -0.482 e. The van der Waals surface area contributed by atoms with Gasteiger partial charge in [0.05, 0.1) is 0 Å². The maximum Gasteiger partial charge on any atom is 0.341 e. The van der Waals surface area contributed by atoms with Crippen LogP contribution in [0, 0.1) is 0 Å². The Balaban J connectivity index is 2.25. The van der Waals surface area contributed by atoms with Crippen LogP contribution in [0.5, 0.6) is 5.75 Å². The molecule has 1 aliphatic carbocycles. The van der Waals surface area contributed by atoms with Crippen LogP contribution < -0.4 is 10.5 Å². The van der Waals surface area contributed by atoms with Gasteiger partial charge < -0.3 is 15.6 Å². The van der Waals surface area contributed by atoms with E-state index in [0.29, 0.717) is 5.75 Å². The molecule has 0 unspecified atom stereocenters. The number of hydrogen-bond donors (Lipinski definition) is 2. The minimum absolute atomic E-state index is 0.0529. The summed E-state index contributed by atoms with van der Waals surface area (Å²) in [5.74, 6) is -0.298. The summed E-state index contributed by atoms with van der Waals surface area (Å²) >= 11 is 0. The summed E-state index contributed by atoms with van der Waals surface area (Å²) in [6.45, 7) is -0.300. The Morgan fingerprint density at radius 1 is 1.56 bits per heavy atom. The third-order valence-corrected chi connectivity index (χ3v) is 2.86. The second-order valence-electron chi connectivity index (χ2n) is 4.01. The second-order valence-corrected chi connectivity index (χ2v) is 4.01. The van der Waals surface area contributed by atoms with Gasteiger partial charge in [0.25, 0.3) is 0 Å². The van der Waals surface area contributed by atoms with E-state index in [1.807, 2.05) is 12.1 Å². The number of benzene rings is 1. The standard InChI is InChI=1S/C12H15NO3/c13-10-5-1-4-9-8(10)3-2-6-11(9)16-7-12(14)15/h2-3,6,10H,1,4-5,7,13H2,(H,14,15)/t10-/m1/s1. The van der Waals surface area contributed by atoms with Crippen LogP contribution in [-0.4, -0.2) is 17.7 Å². The molecule has 0 heterocycles. The van der Waals surface area contributed by atoms with Crippen molar-refractivity contribution in [1.82, 2.24) is 0 Å². The Hall–Kier alpha value is -1.55. The molecule has 0 saturated heterocycles. The fourth-order valence-electron chi connectivity index (χ4n) is 2.13. The Labute approximate surface area is 94.0 Å². The summed E-state index contributed by atoms with van der Waals surface area (Å²) in [7, 11) is 0. The Bertz CT molecular complexity index is 403. The number of aliphatic carboxylic acids is 1. The average molecular weight is 221 g/mol. The first-order valence-corrected chi connectivity index (χ1v) is 5.40. The van der Waals surface area contributed by atoms with Crippen molar-refractivity contribution in [2.45, 2.75) is 25.3 Å². The number of nitrogens with two attached hydrogens (primary N) is 1. The zero-order valence-corrected chi connectivity index (χ0v) is 8.98. The van der Waals surface area contributed by atoms with Gasteiger partial charge in [-0.25, -0.2) is 4.79 Å². The van der Waals surface area contributed by atoms with Gasteiger partial charge in [0, 0.05) is 6.04 Å². The summed E-state index contributed by atoms with van der Waals surface area (Å²) in [6, 6.07) is 5.71. The van der Waals surface area contributed by atoms with Gasteiger partial charge in [-0.3, -0.25) is 0 Å². The SMILES string of the molecule is N[C@@H]1CCCc2c(OCC(=O)O)cccc21. The number of carboxylic acids is 1. The van der Waals surface area contributed by atoms with Crippen LogP contribution in [0.1, 0.15) is 30.0 Å². The number of hydrogen-bond acceptors (Lipinski definition) is 3. The number of carbonyl (C=O) groups is 1. The first-order valence-electron chi connectivity index (χ1n) is 5.40. The van der Waals surface area contributed by atoms with Crippen molar-refractivity contribution in [3.63, 3.8) is 0 Å². The van der Waals surface area contributed by atoms with Crippen molar-refractivity contribution in [3.05, 3.63) is 29.3 Å². The monoisotopic (exact) mass is 221 g/mol. The average Bonchev–Trinajstić information content (AvgIpc) is 2.27. The molecule has 0 aromatic heterocycles. The van der Waals surface area contributed by atoms with Crippen molar-refractivity contribution in [2.24, 2.45) is 5.73 Å². The predicted octanol–water partition coefficient (Wildman–Crippen LogP) is 1.49. The highest BCUT2D eigenvalue weighted by Crippen LogP contribution is 2.33. The van der Waals surface area contributed by atoms with Gasteiger partial charge in [-0.2, -0.15) is 0 Å². The molecule has 16 heavy (non-hydrogen) atoms. The molecule has 1 aromatic rings. The number of fused-ring (bicyclic) bond motifs is 1. The van der Waals surface area contributed by atoms with Crippen LogP contribution in [0.2, 0.25) is 0 Å². The number of rotatable bonds is 3. The van der Waals surface area contributed by atoms with Crippen molar-refractivity contribution >= 4 is 5.97 Å². The maximum atomic E-state index is 10.5. The number of carboxylic acid groups (broad SMARTS) is 1. The van der Waals surface area contributed by atoms with Crippen LogP contribution in [0.4, 0.5) is 0 Å². The quantitative estimate of drug-likeness (QED) is 0.811. The number of ether oxygens (including phenoxy) is 1. The topological polar surface area (TPSA) is 72.5 Å². The molecule has 1 atom stereocenters. The first-order chi connectivity index (χ1) is 7.68. The van der Waals surface area contributed by atoms with Crippen molar-refractivity contribution < 1.29 is 14.6 Å². The van der Waals surface area contributed by atoms with Crippen LogP contribution in [0.3, 0.4) is 0 Å². The van der Waals surface area contributed by atoms with E-state index in [2.05, 4.69) is 0 Å². The molecule has 4 heteroatoms. The highest BCUT2D eigenvalue weighted by molar-refractivity contribution is 5.68. The molecule has 0 saturated carbocycles. The van der Waals surface area contributed by atoms with Crippen LogP contribution in [0.25, 0.3) is 0 Å². The fraction of sp³-hybridized carbons (Fsp3) is 0.417. The molecular weight excluding hydrogens is 206 g/mol. The highest BCUT2D eigenvalue weighted by atomic mass is 16.5. The van der Waals surface area contributed by atoms with Gasteiger partial charge in [-0.1, -0.05) is 12.1 Å². The normalized spacial score (nSPS) is 18.9. The van der Waals surface area contributed by atoms with E-state index in [9.17, 15) is 4.79 Å². The molecule has 1 aromatic carbocycles. The van der Waals surface area contributed by atoms with Crippen molar-refractivity contribution in [1.29, 1.82) is 0 Å². The summed E-state index contributed by atoms with van der Waals surface area (Å²) < 4.78 is 5.26. The summed E-state index contributed by atoms with van der Waals surface area (Å²) in [4.78, 5) is 10.5. The lowest BCUT2D eigenvalue weighted by atomic mass is 9.88. The van der Waals surface area contributed by atoms with Gasteiger partial charge in [0.2, 0.25) is 0 Å². The zero-order chi connectivity index (χ0) is 11.5. The Morgan fingerprint density at radius 3 is 3.12 bits per heavy atom. The molecule has 0 amide bonds. The minimum atomic E-state index is -0.960. The second kappa shape index (κ2) is 4.53.